The molecule has 0 spiro atoms. The second-order valence-corrected chi connectivity index (χ2v) is 10.3. The van der Waals surface area contributed by atoms with E-state index < -0.39 is 21.7 Å². The Morgan fingerprint density at radius 3 is 2.44 bits per heavy atom. The molecule has 1 amide bonds. The van der Waals surface area contributed by atoms with Crippen molar-refractivity contribution >= 4 is 55.6 Å². The zero-order chi connectivity index (χ0) is 26.0. The first-order chi connectivity index (χ1) is 17.1. The van der Waals surface area contributed by atoms with Gasteiger partial charge < -0.3 is 14.6 Å². The van der Waals surface area contributed by atoms with Crippen LogP contribution in [0, 0.1) is 6.92 Å². The van der Waals surface area contributed by atoms with Crippen LogP contribution in [0.1, 0.15) is 21.6 Å². The third kappa shape index (κ3) is 5.50. The van der Waals surface area contributed by atoms with Gasteiger partial charge in [0, 0.05) is 51.8 Å². The molecule has 0 saturated heterocycles. The molecule has 0 bridgehead atoms. The number of methoxy groups -OCH3 is 1. The number of nitrogens with one attached hydrogen (secondary N) is 2. The average molecular weight is 527 g/mol. The monoisotopic (exact) mass is 526 g/mol. The Kier molecular flexibility index (Phi) is 7.00. The lowest BCUT2D eigenvalue weighted by Crippen LogP contribution is -2.23. The maximum absolute atomic E-state index is 13.4. The second kappa shape index (κ2) is 10.00. The normalized spacial score (nSPS) is 11.3. The van der Waals surface area contributed by atoms with Gasteiger partial charge in [0.1, 0.15) is 0 Å². The van der Waals surface area contributed by atoms with E-state index in [1.54, 1.807) is 43.3 Å². The highest BCUT2D eigenvalue weighted by Crippen LogP contribution is 2.31. The van der Waals surface area contributed by atoms with Crippen LogP contribution in [0.3, 0.4) is 0 Å². The van der Waals surface area contributed by atoms with Crippen molar-refractivity contribution in [1.82, 2.24) is 9.55 Å². The number of pyridine rings is 1. The number of hydrogen-bond acceptors (Lipinski definition) is 6. The summed E-state index contributed by atoms with van der Waals surface area (Å²) in [7, 11) is -2.11. The largest absolute Gasteiger partial charge is 0.481 e. The smallest absolute Gasteiger partial charge is 0.296 e. The van der Waals surface area contributed by atoms with E-state index in [2.05, 4.69) is 15.0 Å². The lowest BCUT2D eigenvalue weighted by atomic mass is 10.1. The summed E-state index contributed by atoms with van der Waals surface area (Å²) in [6, 6.07) is 15.2. The molecular formula is C25H23ClN4O5S. The molecule has 0 aliphatic heterocycles. The summed E-state index contributed by atoms with van der Waals surface area (Å²) in [5.74, 6) is -1.33. The molecule has 2 aromatic carbocycles. The van der Waals surface area contributed by atoms with Crippen molar-refractivity contribution in [2.45, 2.75) is 13.5 Å². The van der Waals surface area contributed by atoms with Gasteiger partial charge >= 0.3 is 0 Å². The second-order valence-electron chi connectivity index (χ2n) is 8.15. The molecule has 2 heterocycles. The fraction of sp³-hybridized carbons (Fsp3) is 0.160. The Balaban J connectivity index is 1.79. The van der Waals surface area contributed by atoms with Crippen molar-refractivity contribution in [1.29, 1.82) is 0 Å². The predicted octanol–water partition coefficient (Wildman–Crippen LogP) is 4.25. The molecule has 0 unspecified atom stereocenters. The van der Waals surface area contributed by atoms with E-state index in [-0.39, 0.29) is 17.1 Å². The van der Waals surface area contributed by atoms with Crippen molar-refractivity contribution in [3.63, 3.8) is 0 Å². The number of carbonyl (C=O) groups is 2. The van der Waals surface area contributed by atoms with Gasteiger partial charge in [-0.05, 0) is 48.9 Å². The average Bonchev–Trinajstić information content (AvgIpc) is 3.09. The number of nitrogens with zero attached hydrogens (tertiary/aromatic N) is 2. The van der Waals surface area contributed by atoms with Gasteiger partial charge in [0.2, 0.25) is 15.9 Å². The van der Waals surface area contributed by atoms with E-state index in [0.29, 0.717) is 33.9 Å². The number of aromatic nitrogens is 2. The van der Waals surface area contributed by atoms with Crippen LogP contribution in [0.5, 0.6) is 5.88 Å². The van der Waals surface area contributed by atoms with Gasteiger partial charge in [-0.3, -0.25) is 14.3 Å². The summed E-state index contributed by atoms with van der Waals surface area (Å²) in [5, 5.41) is 3.63. The zero-order valence-corrected chi connectivity index (χ0v) is 21.3. The van der Waals surface area contributed by atoms with E-state index in [1.807, 2.05) is 16.7 Å². The van der Waals surface area contributed by atoms with Gasteiger partial charge in [-0.1, -0.05) is 23.7 Å². The molecule has 4 rings (SSSR count). The fourth-order valence-corrected chi connectivity index (χ4v) is 4.60. The maximum Gasteiger partial charge on any atom is 0.296 e. The highest BCUT2D eigenvalue weighted by atomic mass is 35.5. The first-order valence-electron chi connectivity index (χ1n) is 10.8. The molecule has 9 nitrogen and oxygen atoms in total. The first kappa shape index (κ1) is 25.2. The number of halogens is 1. The van der Waals surface area contributed by atoms with E-state index in [0.717, 1.165) is 11.8 Å². The Labute approximate surface area is 213 Å². The van der Waals surface area contributed by atoms with Gasteiger partial charge in [-0.15, -0.1) is 0 Å². The SMILES string of the molecule is COc1cc(NC(=O)C(=O)c2c(C)n(Cc3ccc(Cl)cc3)c3ccc(NS(C)(=O)=O)cc23)ccn1. The highest BCUT2D eigenvalue weighted by molar-refractivity contribution is 7.92. The third-order valence-electron chi connectivity index (χ3n) is 5.52. The molecule has 0 aliphatic rings. The highest BCUT2D eigenvalue weighted by Gasteiger charge is 2.26. The number of anilines is 2. The molecular weight excluding hydrogens is 504 g/mol. The summed E-state index contributed by atoms with van der Waals surface area (Å²) < 4.78 is 33.0. The lowest BCUT2D eigenvalue weighted by Gasteiger charge is -2.10. The van der Waals surface area contributed by atoms with Crippen molar-refractivity contribution in [2.24, 2.45) is 0 Å². The zero-order valence-electron chi connectivity index (χ0n) is 19.7. The van der Waals surface area contributed by atoms with Gasteiger partial charge in [0.05, 0.1) is 18.9 Å². The van der Waals surface area contributed by atoms with Crippen LogP contribution >= 0.6 is 11.6 Å². The number of benzene rings is 2. The Morgan fingerprint density at radius 2 is 1.78 bits per heavy atom. The minimum absolute atomic E-state index is 0.176. The lowest BCUT2D eigenvalue weighted by molar-refractivity contribution is -0.112. The van der Waals surface area contributed by atoms with Crippen LogP contribution in [0.15, 0.2) is 60.8 Å². The van der Waals surface area contributed by atoms with Crippen molar-refractivity contribution < 1.29 is 22.7 Å². The number of sulfonamides is 1. The minimum Gasteiger partial charge on any atom is -0.481 e. The van der Waals surface area contributed by atoms with Crippen LogP contribution in [-0.4, -0.2) is 43.0 Å². The molecule has 0 aliphatic carbocycles. The van der Waals surface area contributed by atoms with Gasteiger partial charge in [-0.25, -0.2) is 13.4 Å². The quantitative estimate of drug-likeness (QED) is 0.262. The van der Waals surface area contributed by atoms with Crippen LogP contribution in [0.2, 0.25) is 5.02 Å². The maximum atomic E-state index is 13.4. The van der Waals surface area contributed by atoms with Gasteiger partial charge in [0.25, 0.3) is 11.7 Å². The third-order valence-corrected chi connectivity index (χ3v) is 6.37. The van der Waals surface area contributed by atoms with Gasteiger partial charge in [0.15, 0.2) is 0 Å². The molecule has 0 fully saturated rings. The Hall–Kier alpha value is -3.89. The van der Waals surface area contributed by atoms with Crippen LogP contribution in [0.25, 0.3) is 10.9 Å². The molecule has 2 N–H and O–H groups in total. The molecule has 0 saturated carbocycles. The number of ketones is 1. The molecule has 0 radical (unpaired) electrons. The number of fused-ring (bicyclic) bond motifs is 1. The summed E-state index contributed by atoms with van der Waals surface area (Å²) in [6.07, 6.45) is 2.49. The molecule has 0 atom stereocenters. The molecule has 186 valence electrons. The number of Topliss-reactive ketones (excluding diaryl/α,β-unsaturated/α-hetero) is 1. The number of hydrogen-bond donors (Lipinski definition) is 2. The summed E-state index contributed by atoms with van der Waals surface area (Å²) in [4.78, 5) is 30.4. The summed E-state index contributed by atoms with van der Waals surface area (Å²) >= 11 is 6.01. The number of rotatable bonds is 8. The summed E-state index contributed by atoms with van der Waals surface area (Å²) in [5.41, 5.74) is 2.97. The van der Waals surface area contributed by atoms with Gasteiger partial charge in [-0.2, -0.15) is 0 Å². The molecule has 4 aromatic rings. The number of amides is 1. The van der Waals surface area contributed by atoms with E-state index in [1.165, 1.54) is 19.4 Å². The van der Waals surface area contributed by atoms with Crippen molar-refractivity contribution in [3.05, 3.63) is 82.6 Å². The fourth-order valence-electron chi connectivity index (χ4n) is 3.92. The van der Waals surface area contributed by atoms with Crippen molar-refractivity contribution in [2.75, 3.05) is 23.4 Å². The molecule has 36 heavy (non-hydrogen) atoms. The van der Waals surface area contributed by atoms with Crippen LogP contribution < -0.4 is 14.8 Å². The Bertz CT molecular complexity index is 1580. The van der Waals surface area contributed by atoms with E-state index >= 15 is 0 Å². The standard InChI is InChI=1S/C25H23ClN4O5S/c1-15-23(24(31)25(32)28-18-10-11-27-22(13-18)35-2)20-12-19(29-36(3,33)34)8-9-21(20)30(15)14-16-4-6-17(26)7-5-16/h4-13,29H,14H2,1-3H3,(H,27,28,32). The predicted molar refractivity (Wildman–Crippen MR) is 139 cm³/mol. The van der Waals surface area contributed by atoms with Crippen LogP contribution in [-0.2, 0) is 21.4 Å². The minimum atomic E-state index is -3.55. The summed E-state index contributed by atoms with van der Waals surface area (Å²) in [6.45, 7) is 2.16. The molecule has 2 aromatic heterocycles. The van der Waals surface area contributed by atoms with E-state index in [9.17, 15) is 18.0 Å². The van der Waals surface area contributed by atoms with Crippen molar-refractivity contribution in [3.8, 4) is 5.88 Å². The van der Waals surface area contributed by atoms with Crippen LogP contribution in [0.4, 0.5) is 11.4 Å². The first-order valence-corrected chi connectivity index (χ1v) is 13.0. The molecule has 11 heteroatoms. The topological polar surface area (TPSA) is 119 Å². The number of carbonyl (C=O) groups excluding carboxylic acids is 2. The van der Waals surface area contributed by atoms with E-state index in [4.69, 9.17) is 16.3 Å². The number of ether oxygens (including phenoxy) is 1. The Morgan fingerprint density at radius 1 is 1.06 bits per heavy atom.